The normalized spacial score (nSPS) is 20.8. The first kappa shape index (κ1) is 15.5. The molecule has 1 aromatic rings. The summed E-state index contributed by atoms with van der Waals surface area (Å²) in [7, 11) is -3.61. The van der Waals surface area contributed by atoms with Crippen LogP contribution in [0.4, 0.5) is 0 Å². The number of carboxylic acids is 1. The van der Waals surface area contributed by atoms with E-state index >= 15 is 0 Å². The van der Waals surface area contributed by atoms with Crippen LogP contribution >= 0.6 is 15.9 Å². The molecule has 2 rings (SSSR count). The van der Waals surface area contributed by atoms with Crippen molar-refractivity contribution in [3.05, 3.63) is 29.8 Å². The van der Waals surface area contributed by atoms with Gasteiger partial charge in [0.1, 0.15) is 0 Å². The summed E-state index contributed by atoms with van der Waals surface area (Å²) in [4.78, 5) is 11.3. The zero-order valence-electron chi connectivity index (χ0n) is 10.8. The van der Waals surface area contributed by atoms with E-state index in [0.29, 0.717) is 24.7 Å². The average molecular weight is 362 g/mol. The van der Waals surface area contributed by atoms with Gasteiger partial charge < -0.3 is 5.11 Å². The fourth-order valence-electron chi connectivity index (χ4n) is 2.30. The lowest BCUT2D eigenvalue weighted by Gasteiger charge is -2.29. The van der Waals surface area contributed by atoms with Gasteiger partial charge in [0.05, 0.1) is 10.8 Å². The minimum atomic E-state index is -3.61. The number of alkyl halides is 1. The Morgan fingerprint density at radius 1 is 1.45 bits per heavy atom. The van der Waals surface area contributed by atoms with Crippen LogP contribution in [0.15, 0.2) is 29.2 Å². The van der Waals surface area contributed by atoms with Crippen LogP contribution in [0.2, 0.25) is 0 Å². The molecular formula is C13H16BrNO4S. The number of carbonyl (C=O) groups is 1. The number of sulfonamides is 1. The summed E-state index contributed by atoms with van der Waals surface area (Å²) >= 11 is 3.30. The molecule has 0 aliphatic carbocycles. The fraction of sp³-hybridized carbons (Fsp3) is 0.462. The number of piperidine rings is 1. The molecule has 0 spiro atoms. The maximum absolute atomic E-state index is 12.5. The molecule has 0 bridgehead atoms. The molecule has 1 aliphatic heterocycles. The molecule has 20 heavy (non-hydrogen) atoms. The van der Waals surface area contributed by atoms with E-state index in [9.17, 15) is 13.2 Å². The molecule has 1 aliphatic rings. The number of halogens is 1. The number of carboxylic acid groups (broad SMARTS) is 1. The van der Waals surface area contributed by atoms with Crippen molar-refractivity contribution < 1.29 is 18.3 Å². The van der Waals surface area contributed by atoms with Crippen LogP contribution in [-0.2, 0) is 20.1 Å². The van der Waals surface area contributed by atoms with Gasteiger partial charge in [-0.1, -0.05) is 28.1 Å². The Balaban J connectivity index is 2.27. The van der Waals surface area contributed by atoms with Crippen LogP contribution in [0.5, 0.6) is 0 Å². The topological polar surface area (TPSA) is 74.7 Å². The molecule has 1 unspecified atom stereocenters. The van der Waals surface area contributed by atoms with E-state index < -0.39 is 21.9 Å². The maximum Gasteiger partial charge on any atom is 0.307 e. The van der Waals surface area contributed by atoms with Gasteiger partial charge in [0.15, 0.2) is 0 Å². The van der Waals surface area contributed by atoms with Gasteiger partial charge in [-0.05, 0) is 30.5 Å². The molecule has 0 saturated carbocycles. The summed E-state index contributed by atoms with van der Waals surface area (Å²) < 4.78 is 26.4. The van der Waals surface area contributed by atoms with E-state index in [1.165, 1.54) is 4.31 Å². The largest absolute Gasteiger partial charge is 0.481 e. The van der Waals surface area contributed by atoms with Crippen molar-refractivity contribution in [1.82, 2.24) is 4.31 Å². The van der Waals surface area contributed by atoms with Gasteiger partial charge in [-0.15, -0.1) is 0 Å². The predicted octanol–water partition coefficient (Wildman–Crippen LogP) is 2.07. The molecular weight excluding hydrogens is 346 g/mol. The van der Waals surface area contributed by atoms with Crippen LogP contribution in [0.25, 0.3) is 0 Å². The van der Waals surface area contributed by atoms with Gasteiger partial charge in [-0.25, -0.2) is 8.42 Å². The van der Waals surface area contributed by atoms with Crippen molar-refractivity contribution in [2.24, 2.45) is 5.92 Å². The summed E-state index contributed by atoms with van der Waals surface area (Å²) in [6.07, 6.45) is 1.11. The van der Waals surface area contributed by atoms with Gasteiger partial charge >= 0.3 is 5.97 Å². The highest BCUT2D eigenvalue weighted by Crippen LogP contribution is 2.24. The molecule has 1 saturated heterocycles. The number of nitrogens with zero attached hydrogens (tertiary/aromatic N) is 1. The van der Waals surface area contributed by atoms with Gasteiger partial charge in [0.2, 0.25) is 10.0 Å². The minimum Gasteiger partial charge on any atom is -0.481 e. The van der Waals surface area contributed by atoms with E-state index in [1.807, 2.05) is 6.07 Å². The van der Waals surface area contributed by atoms with Crippen LogP contribution in [0.3, 0.4) is 0 Å². The molecule has 5 nitrogen and oxygen atoms in total. The van der Waals surface area contributed by atoms with Crippen molar-refractivity contribution in [3.8, 4) is 0 Å². The molecule has 1 N–H and O–H groups in total. The first-order valence-corrected chi connectivity index (χ1v) is 8.89. The van der Waals surface area contributed by atoms with Crippen molar-refractivity contribution in [2.75, 3.05) is 13.1 Å². The third-order valence-corrected chi connectivity index (χ3v) is 5.93. The van der Waals surface area contributed by atoms with Crippen LogP contribution < -0.4 is 0 Å². The second-order valence-corrected chi connectivity index (χ2v) is 7.32. The molecule has 1 atom stereocenters. The van der Waals surface area contributed by atoms with Gasteiger partial charge in [0, 0.05) is 18.4 Å². The highest BCUT2D eigenvalue weighted by Gasteiger charge is 2.33. The van der Waals surface area contributed by atoms with E-state index in [2.05, 4.69) is 15.9 Å². The molecule has 0 aromatic heterocycles. The average Bonchev–Trinajstić information content (AvgIpc) is 2.47. The van der Waals surface area contributed by atoms with Crippen molar-refractivity contribution in [2.45, 2.75) is 23.1 Å². The molecule has 7 heteroatoms. The Hall–Kier alpha value is -0.920. The molecule has 0 amide bonds. The maximum atomic E-state index is 12.5. The summed E-state index contributed by atoms with van der Waals surface area (Å²) in [6.45, 7) is 0.431. The fourth-order valence-corrected chi connectivity index (χ4v) is 4.24. The summed E-state index contributed by atoms with van der Waals surface area (Å²) in [6, 6.07) is 6.70. The Bertz CT molecular complexity index is 602. The lowest BCUT2D eigenvalue weighted by Crippen LogP contribution is -2.42. The standard InChI is InChI=1S/C13H16BrNO4S/c14-8-10-3-1-5-12(7-10)20(18,19)15-6-2-4-11(9-15)13(16)17/h1,3,5,7,11H,2,4,6,8-9H2,(H,16,17). The summed E-state index contributed by atoms with van der Waals surface area (Å²) in [5.41, 5.74) is 0.873. The predicted molar refractivity (Wildman–Crippen MR) is 78.2 cm³/mol. The summed E-state index contributed by atoms with van der Waals surface area (Å²) in [5.74, 6) is -1.54. The molecule has 1 fully saturated rings. The monoisotopic (exact) mass is 361 g/mol. The SMILES string of the molecule is O=C(O)C1CCCN(S(=O)(=O)c2cccc(CBr)c2)C1. The minimum absolute atomic E-state index is 0.0518. The van der Waals surface area contributed by atoms with E-state index in [-0.39, 0.29) is 11.4 Å². The van der Waals surface area contributed by atoms with Crippen molar-refractivity contribution in [3.63, 3.8) is 0 Å². The smallest absolute Gasteiger partial charge is 0.307 e. The van der Waals surface area contributed by atoms with Gasteiger partial charge in [-0.3, -0.25) is 4.79 Å². The number of rotatable bonds is 4. The number of hydrogen-bond acceptors (Lipinski definition) is 3. The van der Waals surface area contributed by atoms with E-state index in [0.717, 1.165) is 5.56 Å². The Morgan fingerprint density at radius 2 is 2.20 bits per heavy atom. The molecule has 110 valence electrons. The third-order valence-electron chi connectivity index (χ3n) is 3.42. The van der Waals surface area contributed by atoms with Crippen molar-refractivity contribution in [1.29, 1.82) is 0 Å². The van der Waals surface area contributed by atoms with E-state index in [4.69, 9.17) is 5.11 Å². The Morgan fingerprint density at radius 3 is 2.85 bits per heavy atom. The summed E-state index contributed by atoms with van der Waals surface area (Å²) in [5, 5.41) is 9.62. The first-order valence-electron chi connectivity index (χ1n) is 6.33. The number of benzene rings is 1. The van der Waals surface area contributed by atoms with Gasteiger partial charge in [0.25, 0.3) is 0 Å². The second-order valence-electron chi connectivity index (χ2n) is 4.82. The number of aliphatic carboxylic acids is 1. The zero-order chi connectivity index (χ0) is 14.8. The van der Waals surface area contributed by atoms with Gasteiger partial charge in [-0.2, -0.15) is 4.31 Å². The number of hydrogen-bond donors (Lipinski definition) is 1. The van der Waals surface area contributed by atoms with Crippen LogP contribution in [-0.4, -0.2) is 36.9 Å². The highest BCUT2D eigenvalue weighted by molar-refractivity contribution is 9.08. The first-order chi connectivity index (χ1) is 9.45. The zero-order valence-corrected chi connectivity index (χ0v) is 13.2. The Labute approximate surface area is 126 Å². The van der Waals surface area contributed by atoms with Crippen molar-refractivity contribution >= 4 is 31.9 Å². The van der Waals surface area contributed by atoms with Crippen LogP contribution in [0.1, 0.15) is 18.4 Å². The second kappa shape index (κ2) is 6.24. The highest BCUT2D eigenvalue weighted by atomic mass is 79.9. The Kier molecular flexibility index (Phi) is 4.82. The molecule has 1 aromatic carbocycles. The third kappa shape index (κ3) is 3.21. The van der Waals surface area contributed by atoms with E-state index in [1.54, 1.807) is 18.2 Å². The quantitative estimate of drug-likeness (QED) is 0.833. The van der Waals surface area contributed by atoms with Crippen LogP contribution in [0, 0.1) is 5.92 Å². The lowest BCUT2D eigenvalue weighted by molar-refractivity contribution is -0.142. The lowest BCUT2D eigenvalue weighted by atomic mass is 10.0. The molecule has 0 radical (unpaired) electrons. The molecule has 1 heterocycles.